The zero-order chi connectivity index (χ0) is 29.8. The van der Waals surface area contributed by atoms with Crippen molar-refractivity contribution in [2.24, 2.45) is 0 Å². The maximum atomic E-state index is 14.6. The first-order chi connectivity index (χ1) is 19.3. The predicted molar refractivity (Wildman–Crippen MR) is 148 cm³/mol. The summed E-state index contributed by atoms with van der Waals surface area (Å²) in [5, 5.41) is 2.74. The highest BCUT2D eigenvalue weighted by molar-refractivity contribution is 7.88. The number of alkyl halides is 3. The van der Waals surface area contributed by atoms with Gasteiger partial charge in [0.2, 0.25) is 15.9 Å². The van der Waals surface area contributed by atoms with Crippen LogP contribution in [0.3, 0.4) is 0 Å². The van der Waals surface area contributed by atoms with Crippen LogP contribution < -0.4 is 19.8 Å². The van der Waals surface area contributed by atoms with Crippen molar-refractivity contribution in [1.82, 2.24) is 15.0 Å². The largest absolute Gasteiger partial charge is 0.433 e. The van der Waals surface area contributed by atoms with Crippen LogP contribution in [0, 0.1) is 5.82 Å². The van der Waals surface area contributed by atoms with Gasteiger partial charge in [-0.3, -0.25) is 4.79 Å². The third-order valence-electron chi connectivity index (χ3n) is 6.90. The number of para-hydroxylation sites is 1. The Labute approximate surface area is 236 Å². The third kappa shape index (κ3) is 7.94. The Hall–Kier alpha value is -3.71. The second-order valence-corrected chi connectivity index (χ2v) is 11.7. The number of nitrogens with zero attached hydrogens (tertiary/aromatic N) is 3. The highest BCUT2D eigenvalue weighted by Crippen LogP contribution is 2.31. The molecular formula is C28H31F4N5O3S. The molecule has 4 rings (SSSR count). The molecule has 1 aliphatic rings. The van der Waals surface area contributed by atoms with E-state index in [9.17, 15) is 30.8 Å². The van der Waals surface area contributed by atoms with Gasteiger partial charge in [-0.25, -0.2) is 22.5 Å². The Morgan fingerprint density at radius 1 is 0.951 bits per heavy atom. The van der Waals surface area contributed by atoms with Gasteiger partial charge in [0.1, 0.15) is 17.3 Å². The number of benzene rings is 2. The SMILES string of the molecule is CC(C(=O)NCc1ccc(C(F)(F)F)nc1N1CCN(c2ccccc2)CC1)c1ccc(CNS(C)(=O)=O)c(F)c1. The summed E-state index contributed by atoms with van der Waals surface area (Å²) in [6.45, 7) is 3.35. The molecule has 41 heavy (non-hydrogen) atoms. The lowest BCUT2D eigenvalue weighted by Crippen LogP contribution is -2.47. The molecule has 1 aliphatic heterocycles. The van der Waals surface area contributed by atoms with Gasteiger partial charge in [-0.05, 0) is 36.8 Å². The van der Waals surface area contributed by atoms with Crippen molar-refractivity contribution in [2.75, 3.05) is 42.2 Å². The van der Waals surface area contributed by atoms with E-state index in [1.807, 2.05) is 30.3 Å². The number of hydrogen-bond donors (Lipinski definition) is 2. The van der Waals surface area contributed by atoms with Crippen molar-refractivity contribution in [3.8, 4) is 0 Å². The molecule has 1 amide bonds. The Morgan fingerprint density at radius 3 is 2.20 bits per heavy atom. The second kappa shape index (κ2) is 12.4. The van der Waals surface area contributed by atoms with Gasteiger partial charge in [-0.2, -0.15) is 13.2 Å². The number of sulfonamides is 1. The monoisotopic (exact) mass is 593 g/mol. The second-order valence-electron chi connectivity index (χ2n) is 9.87. The summed E-state index contributed by atoms with van der Waals surface area (Å²) in [6.07, 6.45) is -3.65. The number of aromatic nitrogens is 1. The van der Waals surface area contributed by atoms with Gasteiger partial charge in [0.05, 0.1) is 12.2 Å². The summed E-state index contributed by atoms with van der Waals surface area (Å²) < 4.78 is 79.8. The lowest BCUT2D eigenvalue weighted by Gasteiger charge is -2.37. The summed E-state index contributed by atoms with van der Waals surface area (Å²) in [5.41, 5.74) is 0.940. The van der Waals surface area contributed by atoms with Crippen LogP contribution >= 0.6 is 0 Å². The molecule has 1 unspecified atom stereocenters. The van der Waals surface area contributed by atoms with Gasteiger partial charge in [0, 0.05) is 56.1 Å². The minimum absolute atomic E-state index is 0.0681. The average molecular weight is 594 g/mol. The van der Waals surface area contributed by atoms with Crippen LogP contribution in [-0.4, -0.2) is 51.7 Å². The van der Waals surface area contributed by atoms with Crippen LogP contribution in [0.15, 0.2) is 60.7 Å². The first kappa shape index (κ1) is 30.3. The summed E-state index contributed by atoms with van der Waals surface area (Å²) >= 11 is 0. The molecule has 0 radical (unpaired) electrons. The number of amides is 1. The summed E-state index contributed by atoms with van der Waals surface area (Å²) in [7, 11) is -3.51. The molecule has 0 saturated carbocycles. The molecule has 0 aliphatic carbocycles. The van der Waals surface area contributed by atoms with Gasteiger partial charge in [0.25, 0.3) is 0 Å². The highest BCUT2D eigenvalue weighted by Gasteiger charge is 2.34. The van der Waals surface area contributed by atoms with Crippen LogP contribution in [0.25, 0.3) is 0 Å². The first-order valence-electron chi connectivity index (χ1n) is 12.9. The zero-order valence-electron chi connectivity index (χ0n) is 22.6. The third-order valence-corrected chi connectivity index (χ3v) is 7.56. The molecular weight excluding hydrogens is 562 g/mol. The molecule has 1 fully saturated rings. The zero-order valence-corrected chi connectivity index (χ0v) is 23.4. The number of nitrogens with one attached hydrogen (secondary N) is 2. The average Bonchev–Trinajstić information content (AvgIpc) is 2.94. The molecule has 0 spiro atoms. The van der Waals surface area contributed by atoms with E-state index < -0.39 is 39.5 Å². The van der Waals surface area contributed by atoms with Crippen LogP contribution in [0.4, 0.5) is 29.1 Å². The van der Waals surface area contributed by atoms with Gasteiger partial charge in [-0.15, -0.1) is 0 Å². The lowest BCUT2D eigenvalue weighted by molar-refractivity contribution is -0.141. The highest BCUT2D eigenvalue weighted by atomic mass is 32.2. The van der Waals surface area contributed by atoms with Crippen molar-refractivity contribution >= 4 is 27.4 Å². The Morgan fingerprint density at radius 2 is 1.59 bits per heavy atom. The molecule has 3 aromatic rings. The molecule has 2 aromatic carbocycles. The number of anilines is 2. The van der Waals surface area contributed by atoms with Gasteiger partial charge in [-0.1, -0.05) is 36.4 Å². The van der Waals surface area contributed by atoms with Crippen molar-refractivity contribution in [3.05, 3.63) is 88.9 Å². The van der Waals surface area contributed by atoms with E-state index in [0.717, 1.165) is 18.0 Å². The van der Waals surface area contributed by atoms with Crippen LogP contribution in [0.1, 0.15) is 35.2 Å². The molecule has 1 atom stereocenters. The smallest absolute Gasteiger partial charge is 0.368 e. The fourth-order valence-electron chi connectivity index (χ4n) is 4.53. The normalized spacial score (nSPS) is 15.1. The van der Waals surface area contributed by atoms with Crippen molar-refractivity contribution in [3.63, 3.8) is 0 Å². The molecule has 0 bridgehead atoms. The van der Waals surface area contributed by atoms with E-state index in [4.69, 9.17) is 0 Å². The van der Waals surface area contributed by atoms with Crippen molar-refractivity contribution in [1.29, 1.82) is 0 Å². The van der Waals surface area contributed by atoms with Gasteiger partial charge < -0.3 is 15.1 Å². The van der Waals surface area contributed by atoms with Crippen LogP contribution in [-0.2, 0) is 34.1 Å². The fraction of sp³-hybridized carbons (Fsp3) is 0.357. The maximum absolute atomic E-state index is 14.6. The predicted octanol–water partition coefficient (Wildman–Crippen LogP) is 4.04. The minimum Gasteiger partial charge on any atom is -0.368 e. The number of carbonyl (C=O) groups is 1. The molecule has 2 heterocycles. The molecule has 2 N–H and O–H groups in total. The van der Waals surface area contributed by atoms with E-state index in [2.05, 4.69) is 19.9 Å². The topological polar surface area (TPSA) is 94.6 Å². The summed E-state index contributed by atoms with van der Waals surface area (Å²) in [6, 6.07) is 16.0. The van der Waals surface area contributed by atoms with Crippen LogP contribution in [0.5, 0.6) is 0 Å². The number of halogens is 4. The summed E-state index contributed by atoms with van der Waals surface area (Å²) in [5.74, 6) is -1.73. The quantitative estimate of drug-likeness (QED) is 0.364. The standard InChI is InChI=1S/C28H31F4N5O3S/c1-19(20-8-9-21(24(29)16-20)18-34-41(2,39)40)27(38)33-17-22-10-11-25(28(30,31)32)35-26(22)37-14-12-36(13-15-37)23-6-4-3-5-7-23/h3-11,16,19,34H,12-15,17-18H2,1-2H3,(H,33,38). The number of piperazine rings is 1. The van der Waals surface area contributed by atoms with Crippen molar-refractivity contribution in [2.45, 2.75) is 32.1 Å². The van der Waals surface area contributed by atoms with Gasteiger partial charge in [0.15, 0.2) is 0 Å². The molecule has 1 saturated heterocycles. The molecule has 220 valence electrons. The Kier molecular flexibility index (Phi) is 9.17. The maximum Gasteiger partial charge on any atom is 0.433 e. The van der Waals surface area contributed by atoms with E-state index in [-0.39, 0.29) is 24.5 Å². The van der Waals surface area contributed by atoms with Crippen molar-refractivity contribution < 1.29 is 30.8 Å². The Balaban J connectivity index is 1.46. The van der Waals surface area contributed by atoms with E-state index >= 15 is 0 Å². The lowest BCUT2D eigenvalue weighted by atomic mass is 9.98. The fourth-order valence-corrected chi connectivity index (χ4v) is 4.95. The number of rotatable bonds is 9. The molecule has 8 nitrogen and oxygen atoms in total. The minimum atomic E-state index is -4.62. The molecule has 13 heteroatoms. The van der Waals surface area contributed by atoms with E-state index in [1.165, 1.54) is 24.3 Å². The first-order valence-corrected chi connectivity index (χ1v) is 14.8. The number of hydrogen-bond acceptors (Lipinski definition) is 6. The summed E-state index contributed by atoms with van der Waals surface area (Å²) in [4.78, 5) is 20.8. The number of pyridine rings is 1. The Bertz CT molecular complexity index is 1480. The van der Waals surface area contributed by atoms with E-state index in [0.29, 0.717) is 37.3 Å². The number of carbonyl (C=O) groups excluding carboxylic acids is 1. The van der Waals surface area contributed by atoms with Gasteiger partial charge >= 0.3 is 6.18 Å². The molecule has 1 aromatic heterocycles. The van der Waals surface area contributed by atoms with Crippen LogP contribution in [0.2, 0.25) is 0 Å². The van der Waals surface area contributed by atoms with E-state index in [1.54, 1.807) is 11.8 Å².